The van der Waals surface area contributed by atoms with Gasteiger partial charge in [-0.05, 0) is 131 Å². The first-order chi connectivity index (χ1) is 20.3. The summed E-state index contributed by atoms with van der Waals surface area (Å²) >= 11 is 0. The van der Waals surface area contributed by atoms with E-state index in [9.17, 15) is 4.79 Å². The molecule has 0 aliphatic heterocycles. The van der Waals surface area contributed by atoms with E-state index in [4.69, 9.17) is 23.4 Å². The van der Waals surface area contributed by atoms with Gasteiger partial charge in [0.15, 0.2) is 8.32 Å². The quantitative estimate of drug-likeness (QED) is 0.103. The second-order valence-electron chi connectivity index (χ2n) is 17.3. The Balaban J connectivity index is 1.54. The number of rotatable bonds is 10. The molecule has 4 aliphatic rings. The molecule has 7 heteroatoms. The van der Waals surface area contributed by atoms with Crippen molar-refractivity contribution < 1.29 is 28.2 Å². The number of hydrogen-bond donors (Lipinski definition) is 0. The van der Waals surface area contributed by atoms with Crippen molar-refractivity contribution in [3.63, 3.8) is 0 Å². The maximum absolute atomic E-state index is 12.6. The molecule has 0 unspecified atom stereocenters. The molecule has 44 heavy (non-hydrogen) atoms. The third-order valence-corrected chi connectivity index (χ3v) is 17.6. The van der Waals surface area contributed by atoms with E-state index in [1.807, 2.05) is 0 Å². The Labute approximate surface area is 270 Å². The first-order valence-corrected chi connectivity index (χ1v) is 20.2. The molecule has 0 radical (unpaired) electrons. The van der Waals surface area contributed by atoms with Crippen LogP contribution >= 0.6 is 0 Å². The zero-order valence-corrected chi connectivity index (χ0v) is 31.1. The molecule has 6 nitrogen and oxygen atoms in total. The van der Waals surface area contributed by atoms with E-state index in [-0.39, 0.29) is 34.2 Å². The van der Waals surface area contributed by atoms with E-state index in [1.54, 1.807) is 12.7 Å². The third-order valence-electron chi connectivity index (χ3n) is 13.1. The van der Waals surface area contributed by atoms with Crippen LogP contribution in [0.15, 0.2) is 23.8 Å². The number of hydrogen-bond acceptors (Lipinski definition) is 6. The first kappa shape index (κ1) is 35.7. The second kappa shape index (κ2) is 12.8. The fourth-order valence-electron chi connectivity index (χ4n) is 9.56. The van der Waals surface area contributed by atoms with Crippen LogP contribution in [-0.2, 0) is 23.4 Å². The minimum absolute atomic E-state index is 0.0979. The van der Waals surface area contributed by atoms with Crippen LogP contribution in [0, 0.1) is 34.5 Å². The molecule has 0 aromatic rings. The first-order valence-electron chi connectivity index (χ1n) is 17.3. The van der Waals surface area contributed by atoms with Crippen molar-refractivity contribution in [2.45, 2.75) is 149 Å². The fourth-order valence-corrected chi connectivity index (χ4v) is 10.9. The number of carbonyl (C=O) groups is 1. The average Bonchev–Trinajstić information content (AvgIpc) is 3.29. The summed E-state index contributed by atoms with van der Waals surface area (Å²) in [6.45, 7) is 23.4. The van der Waals surface area contributed by atoms with Crippen LogP contribution in [0.25, 0.3) is 0 Å². The molecule has 3 fully saturated rings. The molecular formula is C37H64O6Si. The van der Waals surface area contributed by atoms with Crippen molar-refractivity contribution in [3.05, 3.63) is 23.8 Å². The highest BCUT2D eigenvalue weighted by atomic mass is 28.4. The number of ether oxygens (including phenoxy) is 4. The summed E-state index contributed by atoms with van der Waals surface area (Å²) < 4.78 is 29.1. The Hall–Kier alpha value is -1.15. The lowest BCUT2D eigenvalue weighted by Gasteiger charge is -2.59. The zero-order valence-electron chi connectivity index (χ0n) is 30.1. The minimum atomic E-state index is -1.79. The predicted octanol–water partition coefficient (Wildman–Crippen LogP) is 9.84. The van der Waals surface area contributed by atoms with Gasteiger partial charge in [0.2, 0.25) is 0 Å². The highest BCUT2D eigenvalue weighted by molar-refractivity contribution is 6.74. The van der Waals surface area contributed by atoms with E-state index in [1.165, 1.54) is 45.6 Å². The molecule has 4 aliphatic carbocycles. The normalized spacial score (nSPS) is 35.7. The molecule has 0 saturated heterocycles. The van der Waals surface area contributed by atoms with Crippen LogP contribution in [0.3, 0.4) is 0 Å². The van der Waals surface area contributed by atoms with Crippen molar-refractivity contribution in [1.82, 2.24) is 0 Å². The Bertz CT molecular complexity index is 1090. The summed E-state index contributed by atoms with van der Waals surface area (Å²) in [7, 11) is 1.24. The molecular weight excluding hydrogens is 568 g/mol. The second-order valence-corrected chi connectivity index (χ2v) is 22.1. The molecule has 0 bridgehead atoms. The third kappa shape index (κ3) is 6.91. The van der Waals surface area contributed by atoms with Gasteiger partial charge in [-0.25, -0.2) is 4.79 Å². The van der Waals surface area contributed by atoms with Gasteiger partial charge in [0.1, 0.15) is 12.4 Å². The van der Waals surface area contributed by atoms with E-state index in [2.05, 4.69) is 86.7 Å². The van der Waals surface area contributed by atoms with Crippen molar-refractivity contribution in [2.75, 3.05) is 21.0 Å². The molecule has 3 saturated carbocycles. The molecule has 0 N–H and O–H groups in total. The summed E-state index contributed by atoms with van der Waals surface area (Å²) in [5.41, 5.74) is 0.914. The maximum atomic E-state index is 12.6. The molecule has 0 amide bonds. The summed E-state index contributed by atoms with van der Waals surface area (Å²) in [6, 6.07) is 0. The van der Waals surface area contributed by atoms with Crippen LogP contribution in [0.1, 0.15) is 113 Å². The van der Waals surface area contributed by atoms with Gasteiger partial charge >= 0.3 is 6.16 Å². The predicted molar refractivity (Wildman–Crippen MR) is 180 cm³/mol. The molecule has 0 spiro atoms. The van der Waals surface area contributed by atoms with Crippen molar-refractivity contribution in [2.24, 2.45) is 34.5 Å². The van der Waals surface area contributed by atoms with E-state index in [0.717, 1.165) is 18.8 Å². The van der Waals surface area contributed by atoms with Gasteiger partial charge < -0.3 is 23.4 Å². The van der Waals surface area contributed by atoms with Crippen LogP contribution in [-0.4, -0.2) is 52.8 Å². The molecule has 4 rings (SSSR count). The van der Waals surface area contributed by atoms with Crippen LogP contribution in [0.4, 0.5) is 4.79 Å². The fraction of sp³-hybridized carbons (Fsp3) is 0.865. The minimum Gasteiger partial charge on any atom is -0.438 e. The average molecular weight is 633 g/mol. The van der Waals surface area contributed by atoms with Gasteiger partial charge in [0.05, 0.1) is 12.7 Å². The zero-order chi connectivity index (χ0) is 32.8. The van der Waals surface area contributed by atoms with E-state index >= 15 is 0 Å². The molecule has 0 aromatic carbocycles. The maximum Gasteiger partial charge on any atom is 0.508 e. The molecule has 0 aromatic heterocycles. The lowest BCUT2D eigenvalue weighted by molar-refractivity contribution is -0.112. The lowest BCUT2D eigenvalue weighted by atomic mass is 9.46. The Morgan fingerprint density at radius 3 is 2.34 bits per heavy atom. The van der Waals surface area contributed by atoms with Gasteiger partial charge in [0.25, 0.3) is 0 Å². The van der Waals surface area contributed by atoms with Crippen molar-refractivity contribution in [1.29, 1.82) is 0 Å². The number of fused-ring (bicyclic) bond motifs is 5. The van der Waals surface area contributed by atoms with Crippen LogP contribution in [0.2, 0.25) is 18.1 Å². The van der Waals surface area contributed by atoms with Gasteiger partial charge in [0, 0.05) is 19.1 Å². The van der Waals surface area contributed by atoms with Crippen LogP contribution in [0.5, 0.6) is 0 Å². The van der Waals surface area contributed by atoms with Crippen molar-refractivity contribution >= 4 is 14.5 Å². The summed E-state index contributed by atoms with van der Waals surface area (Å²) in [4.78, 5) is 12.6. The topological polar surface area (TPSA) is 63.2 Å². The number of allylic oxidation sites excluding steroid dienone is 1. The van der Waals surface area contributed by atoms with Gasteiger partial charge in [-0.15, -0.1) is 0 Å². The van der Waals surface area contributed by atoms with Crippen molar-refractivity contribution in [3.8, 4) is 0 Å². The largest absolute Gasteiger partial charge is 0.508 e. The molecule has 8 atom stereocenters. The Kier molecular flexibility index (Phi) is 10.4. The Morgan fingerprint density at radius 2 is 1.70 bits per heavy atom. The van der Waals surface area contributed by atoms with Gasteiger partial charge in [-0.3, -0.25) is 0 Å². The summed E-state index contributed by atoms with van der Waals surface area (Å²) in [5, 5.41) is 0.238. The number of methoxy groups -OCH3 is 2. The lowest BCUT2D eigenvalue weighted by Crippen LogP contribution is -2.54. The standard InChI is InChI=1S/C37H64O6Si/c1-33(2,3)44(11,12)43-27-18-22-35(6)26(24-27)14-15-28-29-16-17-31(36(29,7)23-19-30(28)35)37(8,42-32(38)40-10)21-13-20-34(4,5)41-25-39-9/h13-14,21,27-31H,15-20,22-25H2,1-12H3/b21-13-/t27-,28-,29-,30-,31-,35-,36-,37-/m0/s1. The van der Waals surface area contributed by atoms with Gasteiger partial charge in [-0.1, -0.05) is 52.3 Å². The smallest absolute Gasteiger partial charge is 0.438 e. The monoisotopic (exact) mass is 632 g/mol. The SMILES string of the molecule is COCOC(C)(C)C/C=C\[C@](C)(OC(=O)OC)[C@H]1CC[C@H]2[C@@H]3CC=C4C[C@@H](O[Si](C)(C)C(C)(C)C)CC[C@]4(C)[C@H]3CC[C@@]21C. The Morgan fingerprint density at radius 1 is 1.00 bits per heavy atom. The molecule has 252 valence electrons. The van der Waals surface area contributed by atoms with E-state index < -0.39 is 20.1 Å². The highest BCUT2D eigenvalue weighted by Crippen LogP contribution is 2.68. The highest BCUT2D eigenvalue weighted by Gasteiger charge is 2.62. The number of carbonyl (C=O) groups excluding carboxylic acids is 1. The summed E-state index contributed by atoms with van der Waals surface area (Å²) in [6.07, 6.45) is 16.7. The van der Waals surface area contributed by atoms with Gasteiger partial charge in [-0.2, -0.15) is 0 Å². The van der Waals surface area contributed by atoms with E-state index in [0.29, 0.717) is 24.4 Å². The summed E-state index contributed by atoms with van der Waals surface area (Å²) in [5.74, 6) is 2.25. The molecule has 0 heterocycles. The van der Waals surface area contributed by atoms with Crippen LogP contribution < -0.4 is 0 Å².